The zero-order valence-electron chi connectivity index (χ0n) is 12.3. The summed E-state index contributed by atoms with van der Waals surface area (Å²) in [5.41, 5.74) is 1.87. The van der Waals surface area contributed by atoms with E-state index in [9.17, 15) is 4.79 Å². The predicted octanol–water partition coefficient (Wildman–Crippen LogP) is 3.19. The standard InChI is InChI=1S/C16H15N3O2S2/c20-15(11-3-4-12-13(10-11)19-23-18-12)17-16(5-7-21-8-6-16)14-2-1-9-22-14/h1-4,9-10H,5-8H2,(H,17,20). The molecule has 1 aromatic carbocycles. The van der Waals surface area contributed by atoms with E-state index in [2.05, 4.69) is 20.1 Å². The molecule has 0 atom stereocenters. The Kier molecular flexibility index (Phi) is 3.84. The number of hydrogen-bond donors (Lipinski definition) is 1. The van der Waals surface area contributed by atoms with Crippen LogP contribution in [0.25, 0.3) is 11.0 Å². The molecule has 0 aliphatic carbocycles. The average molecular weight is 345 g/mol. The second-order valence-electron chi connectivity index (χ2n) is 5.59. The van der Waals surface area contributed by atoms with Crippen molar-refractivity contribution in [2.75, 3.05) is 13.2 Å². The third kappa shape index (κ3) is 2.75. The summed E-state index contributed by atoms with van der Waals surface area (Å²) in [5.74, 6) is -0.0739. The van der Waals surface area contributed by atoms with Gasteiger partial charge in [0.1, 0.15) is 11.0 Å². The van der Waals surface area contributed by atoms with Crippen molar-refractivity contribution in [2.24, 2.45) is 0 Å². The van der Waals surface area contributed by atoms with E-state index in [0.717, 1.165) is 35.6 Å². The first-order chi connectivity index (χ1) is 11.3. The highest BCUT2D eigenvalue weighted by atomic mass is 32.1. The molecule has 0 spiro atoms. The highest BCUT2D eigenvalue weighted by Gasteiger charge is 2.37. The van der Waals surface area contributed by atoms with Gasteiger partial charge in [0.15, 0.2) is 0 Å². The molecule has 7 heteroatoms. The van der Waals surface area contributed by atoms with Crippen LogP contribution in [-0.4, -0.2) is 27.9 Å². The minimum Gasteiger partial charge on any atom is -0.381 e. The average Bonchev–Trinajstić information content (AvgIpc) is 3.26. The second kappa shape index (κ2) is 5.99. The molecule has 1 N–H and O–H groups in total. The molecular formula is C16H15N3O2S2. The smallest absolute Gasteiger partial charge is 0.252 e. The minimum atomic E-state index is -0.335. The van der Waals surface area contributed by atoms with Crippen molar-refractivity contribution in [3.63, 3.8) is 0 Å². The number of carbonyl (C=O) groups excluding carboxylic acids is 1. The molecule has 0 unspecified atom stereocenters. The molecule has 1 aliphatic rings. The Morgan fingerprint density at radius 3 is 2.78 bits per heavy atom. The quantitative estimate of drug-likeness (QED) is 0.792. The number of thiophene rings is 1. The molecular weight excluding hydrogens is 330 g/mol. The number of hydrogen-bond acceptors (Lipinski definition) is 6. The third-order valence-corrected chi connectivity index (χ3v) is 5.84. The molecule has 0 bridgehead atoms. The van der Waals surface area contributed by atoms with Gasteiger partial charge in [-0.1, -0.05) is 6.07 Å². The number of fused-ring (bicyclic) bond motifs is 1. The first-order valence-electron chi connectivity index (χ1n) is 7.43. The summed E-state index contributed by atoms with van der Waals surface area (Å²) in [7, 11) is 0. The number of carbonyl (C=O) groups is 1. The molecule has 2 aromatic heterocycles. The van der Waals surface area contributed by atoms with Crippen molar-refractivity contribution in [2.45, 2.75) is 18.4 Å². The molecule has 5 nitrogen and oxygen atoms in total. The number of nitrogens with zero attached hydrogens (tertiary/aromatic N) is 2. The predicted molar refractivity (Wildman–Crippen MR) is 90.9 cm³/mol. The summed E-state index contributed by atoms with van der Waals surface area (Å²) >= 11 is 2.84. The zero-order chi connectivity index (χ0) is 15.7. The van der Waals surface area contributed by atoms with Gasteiger partial charge in [0.25, 0.3) is 5.91 Å². The minimum absolute atomic E-state index is 0.0739. The summed E-state index contributed by atoms with van der Waals surface area (Å²) in [4.78, 5) is 14.0. The van der Waals surface area contributed by atoms with Crippen LogP contribution in [0, 0.1) is 0 Å². The van der Waals surface area contributed by atoms with Gasteiger partial charge in [-0.05, 0) is 42.5 Å². The van der Waals surface area contributed by atoms with Crippen molar-refractivity contribution < 1.29 is 9.53 Å². The fraction of sp³-hybridized carbons (Fsp3) is 0.312. The Labute approximate surface area is 141 Å². The van der Waals surface area contributed by atoms with Crippen LogP contribution in [0.2, 0.25) is 0 Å². The molecule has 4 rings (SSSR count). The maximum Gasteiger partial charge on any atom is 0.252 e. The van der Waals surface area contributed by atoms with Gasteiger partial charge >= 0.3 is 0 Å². The number of nitrogens with one attached hydrogen (secondary N) is 1. The van der Waals surface area contributed by atoms with Gasteiger partial charge in [-0.15, -0.1) is 11.3 Å². The molecule has 23 heavy (non-hydrogen) atoms. The normalized spacial score (nSPS) is 17.2. The lowest BCUT2D eigenvalue weighted by molar-refractivity contribution is 0.0358. The SMILES string of the molecule is O=C(NC1(c2cccs2)CCOCC1)c1ccc2nsnc2c1. The molecule has 3 aromatic rings. The summed E-state index contributed by atoms with van der Waals surface area (Å²) in [5, 5.41) is 5.30. The van der Waals surface area contributed by atoms with Gasteiger partial charge in [0.05, 0.1) is 17.3 Å². The van der Waals surface area contributed by atoms with Crippen LogP contribution in [0.15, 0.2) is 35.7 Å². The summed E-state index contributed by atoms with van der Waals surface area (Å²) in [6.07, 6.45) is 1.58. The Hall–Kier alpha value is -1.83. The number of rotatable bonds is 3. The van der Waals surface area contributed by atoms with Crippen molar-refractivity contribution in [3.05, 3.63) is 46.2 Å². The molecule has 0 radical (unpaired) electrons. The van der Waals surface area contributed by atoms with Crippen LogP contribution < -0.4 is 5.32 Å². The van der Waals surface area contributed by atoms with Crippen molar-refractivity contribution >= 4 is 40.0 Å². The number of aromatic nitrogens is 2. The second-order valence-corrected chi connectivity index (χ2v) is 7.07. The van der Waals surface area contributed by atoms with Crippen LogP contribution in [0.5, 0.6) is 0 Å². The topological polar surface area (TPSA) is 64.1 Å². The van der Waals surface area contributed by atoms with Crippen LogP contribution >= 0.6 is 23.1 Å². The molecule has 0 saturated carbocycles. The monoisotopic (exact) mass is 345 g/mol. The van der Waals surface area contributed by atoms with Gasteiger partial charge in [-0.3, -0.25) is 4.79 Å². The fourth-order valence-corrected chi connectivity index (χ4v) is 4.38. The third-order valence-electron chi connectivity index (χ3n) is 4.21. The van der Waals surface area contributed by atoms with E-state index in [1.165, 1.54) is 4.88 Å². The van der Waals surface area contributed by atoms with E-state index in [0.29, 0.717) is 18.8 Å². The molecule has 1 aliphatic heterocycles. The van der Waals surface area contributed by atoms with Gasteiger partial charge in [-0.2, -0.15) is 8.75 Å². The largest absolute Gasteiger partial charge is 0.381 e. The number of ether oxygens (including phenoxy) is 1. The van der Waals surface area contributed by atoms with Crippen molar-refractivity contribution in [1.82, 2.24) is 14.1 Å². The lowest BCUT2D eigenvalue weighted by Gasteiger charge is -2.37. The van der Waals surface area contributed by atoms with Crippen LogP contribution in [0.1, 0.15) is 28.1 Å². The van der Waals surface area contributed by atoms with E-state index in [1.54, 1.807) is 23.5 Å². The molecule has 118 valence electrons. The highest BCUT2D eigenvalue weighted by Crippen LogP contribution is 2.35. The van der Waals surface area contributed by atoms with Gasteiger partial charge in [0, 0.05) is 23.7 Å². The maximum atomic E-state index is 12.8. The van der Waals surface area contributed by atoms with Gasteiger partial charge in [-0.25, -0.2) is 0 Å². The number of amides is 1. The molecule has 1 amide bonds. The van der Waals surface area contributed by atoms with Crippen molar-refractivity contribution in [3.8, 4) is 0 Å². The first kappa shape index (κ1) is 14.7. The Balaban J connectivity index is 1.64. The van der Waals surface area contributed by atoms with E-state index in [-0.39, 0.29) is 11.4 Å². The maximum absolute atomic E-state index is 12.8. The van der Waals surface area contributed by atoms with Crippen LogP contribution in [-0.2, 0) is 10.3 Å². The number of benzene rings is 1. The van der Waals surface area contributed by atoms with E-state index in [1.807, 2.05) is 17.5 Å². The Morgan fingerprint density at radius 1 is 1.17 bits per heavy atom. The lowest BCUT2D eigenvalue weighted by Crippen LogP contribution is -2.49. The molecule has 3 heterocycles. The van der Waals surface area contributed by atoms with E-state index >= 15 is 0 Å². The van der Waals surface area contributed by atoms with Crippen LogP contribution in [0.3, 0.4) is 0 Å². The highest BCUT2D eigenvalue weighted by molar-refractivity contribution is 7.10. The van der Waals surface area contributed by atoms with E-state index < -0.39 is 0 Å². The zero-order valence-corrected chi connectivity index (χ0v) is 14.0. The first-order valence-corrected chi connectivity index (χ1v) is 9.04. The Bertz CT molecular complexity index is 823. The Morgan fingerprint density at radius 2 is 2.00 bits per heavy atom. The van der Waals surface area contributed by atoms with Crippen molar-refractivity contribution in [1.29, 1.82) is 0 Å². The van der Waals surface area contributed by atoms with Crippen LogP contribution in [0.4, 0.5) is 0 Å². The molecule has 1 fully saturated rings. The van der Waals surface area contributed by atoms with Gasteiger partial charge in [0.2, 0.25) is 0 Å². The fourth-order valence-electron chi connectivity index (χ4n) is 2.92. The summed E-state index contributed by atoms with van der Waals surface area (Å²) in [6, 6.07) is 9.56. The van der Waals surface area contributed by atoms with E-state index in [4.69, 9.17) is 4.74 Å². The van der Waals surface area contributed by atoms with Gasteiger partial charge < -0.3 is 10.1 Å². The lowest BCUT2D eigenvalue weighted by atomic mass is 9.88. The summed E-state index contributed by atoms with van der Waals surface area (Å²) in [6.45, 7) is 1.32. The molecule has 1 saturated heterocycles. The summed E-state index contributed by atoms with van der Waals surface area (Å²) < 4.78 is 13.9.